The highest BCUT2D eigenvalue weighted by Crippen LogP contribution is 2.31. The average Bonchev–Trinajstić information content (AvgIpc) is 3.66. The van der Waals surface area contributed by atoms with Crippen LogP contribution in [-0.2, 0) is 22.2 Å². The summed E-state index contributed by atoms with van der Waals surface area (Å²) in [6, 6.07) is 11.6. The van der Waals surface area contributed by atoms with Crippen LogP contribution in [0.3, 0.4) is 0 Å². The fraction of sp³-hybridized carbons (Fsp3) is 0.280. The normalized spacial score (nSPS) is 13.2. The molecular weight excluding hydrogens is 461 g/mol. The highest BCUT2D eigenvalue weighted by Gasteiger charge is 2.30. The molecular formula is C25H23F3N4O3. The van der Waals surface area contributed by atoms with Gasteiger partial charge in [0.25, 0.3) is 0 Å². The number of nitrogens with one attached hydrogen (secondary N) is 2. The topological polar surface area (TPSA) is 93.2 Å². The number of nitrogens with zero attached hydrogens (tertiary/aromatic N) is 2. The zero-order valence-electron chi connectivity index (χ0n) is 18.6. The number of aryl methyl sites for hydroxylation is 1. The molecule has 2 heterocycles. The van der Waals surface area contributed by atoms with Crippen molar-refractivity contribution >= 4 is 23.5 Å². The summed E-state index contributed by atoms with van der Waals surface area (Å²) in [6.45, 7) is 0. The maximum atomic E-state index is 12.8. The second kappa shape index (κ2) is 10.5. The van der Waals surface area contributed by atoms with E-state index in [1.165, 1.54) is 18.5 Å². The van der Waals surface area contributed by atoms with Crippen molar-refractivity contribution in [3.8, 4) is 11.5 Å². The minimum absolute atomic E-state index is 0.0498. The van der Waals surface area contributed by atoms with Gasteiger partial charge in [-0.25, -0.2) is 9.97 Å². The number of hydrogen-bond donors (Lipinski definition) is 2. The number of ether oxygens (including phenoxy) is 1. The molecule has 2 aromatic heterocycles. The van der Waals surface area contributed by atoms with Crippen LogP contribution in [0, 0.1) is 5.92 Å². The molecule has 0 saturated heterocycles. The van der Waals surface area contributed by atoms with Crippen LogP contribution < -0.4 is 15.4 Å². The monoisotopic (exact) mass is 484 g/mol. The minimum Gasteiger partial charge on any atom is -0.456 e. The maximum Gasteiger partial charge on any atom is 0.416 e. The summed E-state index contributed by atoms with van der Waals surface area (Å²) < 4.78 is 44.2. The van der Waals surface area contributed by atoms with E-state index in [4.69, 9.17) is 4.74 Å². The SMILES string of the molecule is O=C(CCCc1cccc(C(F)(F)F)c1)Nc1ccc(Oc2ccnc(NC(=O)C3CC3)c2)cn1. The average molecular weight is 484 g/mol. The van der Waals surface area contributed by atoms with Gasteiger partial charge in [0, 0.05) is 24.6 Å². The molecule has 1 aliphatic carbocycles. The molecule has 0 radical (unpaired) electrons. The quantitative estimate of drug-likeness (QED) is 0.413. The Labute approximate surface area is 199 Å². The van der Waals surface area contributed by atoms with Gasteiger partial charge in [-0.3, -0.25) is 9.59 Å². The molecule has 2 amide bonds. The summed E-state index contributed by atoms with van der Waals surface area (Å²) in [4.78, 5) is 32.3. The highest BCUT2D eigenvalue weighted by molar-refractivity contribution is 5.93. The van der Waals surface area contributed by atoms with E-state index >= 15 is 0 Å². The Balaban J connectivity index is 1.24. The first-order chi connectivity index (χ1) is 16.8. The molecule has 1 saturated carbocycles. The molecule has 182 valence electrons. The molecule has 10 heteroatoms. The molecule has 1 fully saturated rings. The minimum atomic E-state index is -4.39. The van der Waals surface area contributed by atoms with Gasteiger partial charge >= 0.3 is 6.18 Å². The van der Waals surface area contributed by atoms with Gasteiger partial charge in [0.1, 0.15) is 23.1 Å². The number of benzene rings is 1. The number of halogens is 3. The predicted octanol–water partition coefficient (Wildman–Crippen LogP) is 5.60. The summed E-state index contributed by atoms with van der Waals surface area (Å²) in [5, 5.41) is 5.41. The number of hydrogen-bond acceptors (Lipinski definition) is 5. The second-order valence-corrected chi connectivity index (χ2v) is 8.22. The van der Waals surface area contributed by atoms with Gasteiger partial charge in [-0.1, -0.05) is 18.2 Å². The third kappa shape index (κ3) is 7.26. The van der Waals surface area contributed by atoms with Gasteiger partial charge < -0.3 is 15.4 Å². The number of carbonyl (C=O) groups excluding carboxylic acids is 2. The van der Waals surface area contributed by atoms with E-state index in [9.17, 15) is 22.8 Å². The van der Waals surface area contributed by atoms with Crippen LogP contribution in [0.4, 0.5) is 24.8 Å². The zero-order valence-corrected chi connectivity index (χ0v) is 18.6. The van der Waals surface area contributed by atoms with Crippen molar-refractivity contribution < 1.29 is 27.5 Å². The Hall–Kier alpha value is -3.95. The van der Waals surface area contributed by atoms with Crippen LogP contribution in [-0.4, -0.2) is 21.8 Å². The van der Waals surface area contributed by atoms with Crippen LogP contribution in [0.2, 0.25) is 0 Å². The largest absolute Gasteiger partial charge is 0.456 e. The summed E-state index contributed by atoms with van der Waals surface area (Å²) in [5.74, 6) is 1.36. The first-order valence-corrected chi connectivity index (χ1v) is 11.1. The van der Waals surface area contributed by atoms with E-state index in [-0.39, 0.29) is 24.2 Å². The molecule has 0 atom stereocenters. The fourth-order valence-corrected chi connectivity index (χ4v) is 3.33. The molecule has 1 aliphatic rings. The number of pyridine rings is 2. The van der Waals surface area contributed by atoms with Crippen molar-refractivity contribution in [1.82, 2.24) is 9.97 Å². The molecule has 7 nitrogen and oxygen atoms in total. The van der Waals surface area contributed by atoms with E-state index in [1.54, 1.807) is 30.3 Å². The van der Waals surface area contributed by atoms with E-state index in [0.717, 1.165) is 25.0 Å². The summed E-state index contributed by atoms with van der Waals surface area (Å²) in [7, 11) is 0. The van der Waals surface area contributed by atoms with Gasteiger partial charge in [0.15, 0.2) is 0 Å². The Morgan fingerprint density at radius 3 is 2.51 bits per heavy atom. The Morgan fingerprint density at radius 2 is 1.80 bits per heavy atom. The molecule has 0 aliphatic heterocycles. The van der Waals surface area contributed by atoms with Gasteiger partial charge in [-0.05, 0) is 55.5 Å². The van der Waals surface area contributed by atoms with E-state index in [0.29, 0.717) is 41.5 Å². The van der Waals surface area contributed by atoms with Crippen LogP contribution in [0.25, 0.3) is 0 Å². The van der Waals surface area contributed by atoms with Crippen molar-refractivity contribution in [3.63, 3.8) is 0 Å². The zero-order chi connectivity index (χ0) is 24.8. The third-order valence-corrected chi connectivity index (χ3v) is 5.29. The molecule has 3 aromatic rings. The predicted molar refractivity (Wildman–Crippen MR) is 123 cm³/mol. The number of carbonyl (C=O) groups is 2. The fourth-order valence-electron chi connectivity index (χ4n) is 3.33. The standard InChI is InChI=1S/C25H23F3N4O3/c26-25(27,28)18-5-1-3-16(13-18)4-2-6-23(33)31-21-10-9-20(15-30-21)35-19-11-12-29-22(14-19)32-24(34)17-7-8-17/h1,3,5,9-15,17H,2,4,6-8H2,(H,29,32,34)(H,30,31,33). The molecule has 0 unspecified atom stereocenters. The molecule has 2 N–H and O–H groups in total. The van der Waals surface area contributed by atoms with Crippen LogP contribution in [0.1, 0.15) is 36.8 Å². The maximum absolute atomic E-state index is 12.8. The summed E-state index contributed by atoms with van der Waals surface area (Å²) >= 11 is 0. The lowest BCUT2D eigenvalue weighted by Gasteiger charge is -2.09. The van der Waals surface area contributed by atoms with Gasteiger partial charge in [-0.2, -0.15) is 13.2 Å². The van der Waals surface area contributed by atoms with E-state index < -0.39 is 11.7 Å². The van der Waals surface area contributed by atoms with Crippen LogP contribution in [0.5, 0.6) is 11.5 Å². The van der Waals surface area contributed by atoms with Gasteiger partial charge in [0.2, 0.25) is 11.8 Å². The smallest absolute Gasteiger partial charge is 0.416 e. The Bertz CT molecular complexity index is 1200. The van der Waals surface area contributed by atoms with E-state index in [1.807, 2.05) is 0 Å². The lowest BCUT2D eigenvalue weighted by Crippen LogP contribution is -2.14. The van der Waals surface area contributed by atoms with Crippen molar-refractivity contribution in [1.29, 1.82) is 0 Å². The first kappa shape index (κ1) is 24.2. The summed E-state index contributed by atoms with van der Waals surface area (Å²) in [6.07, 6.45) is 1.27. The summed E-state index contributed by atoms with van der Waals surface area (Å²) in [5.41, 5.74) is -0.171. The molecule has 0 bridgehead atoms. The van der Waals surface area contributed by atoms with Crippen molar-refractivity contribution in [2.45, 2.75) is 38.3 Å². The number of aromatic nitrogens is 2. The molecule has 0 spiro atoms. The number of rotatable bonds is 9. The molecule has 4 rings (SSSR count). The van der Waals surface area contributed by atoms with Gasteiger partial charge in [-0.15, -0.1) is 0 Å². The number of alkyl halides is 3. The van der Waals surface area contributed by atoms with E-state index in [2.05, 4.69) is 20.6 Å². The first-order valence-electron chi connectivity index (χ1n) is 11.1. The molecule has 1 aromatic carbocycles. The Kier molecular flexibility index (Phi) is 7.28. The lowest BCUT2D eigenvalue weighted by molar-refractivity contribution is -0.137. The second-order valence-electron chi connectivity index (χ2n) is 8.22. The van der Waals surface area contributed by atoms with Crippen LogP contribution in [0.15, 0.2) is 60.9 Å². The number of anilines is 2. The Morgan fingerprint density at radius 1 is 0.971 bits per heavy atom. The number of amides is 2. The lowest BCUT2D eigenvalue weighted by atomic mass is 10.0. The van der Waals surface area contributed by atoms with Crippen LogP contribution >= 0.6 is 0 Å². The van der Waals surface area contributed by atoms with Gasteiger partial charge in [0.05, 0.1) is 11.8 Å². The highest BCUT2D eigenvalue weighted by atomic mass is 19.4. The third-order valence-electron chi connectivity index (χ3n) is 5.29. The van der Waals surface area contributed by atoms with Crippen molar-refractivity contribution in [2.75, 3.05) is 10.6 Å². The molecule has 35 heavy (non-hydrogen) atoms. The van der Waals surface area contributed by atoms with Crippen molar-refractivity contribution in [2.24, 2.45) is 5.92 Å². The van der Waals surface area contributed by atoms with Crippen molar-refractivity contribution in [3.05, 3.63) is 72.1 Å².